The molecule has 1 nitrogen and oxygen atoms in total. The normalized spacial score (nSPS) is 11.6. The van der Waals surface area contributed by atoms with Crippen LogP contribution in [0.15, 0.2) is 30.3 Å². The molecule has 0 bridgehead atoms. The third-order valence-electron chi connectivity index (χ3n) is 3.27. The van der Waals surface area contributed by atoms with Crippen LogP contribution in [0.25, 0.3) is 5.69 Å². The highest BCUT2D eigenvalue weighted by Crippen LogP contribution is 2.29. The van der Waals surface area contributed by atoms with Gasteiger partial charge in [0, 0.05) is 17.5 Å². The van der Waals surface area contributed by atoms with Gasteiger partial charge in [-0.25, -0.2) is 8.78 Å². The third-order valence-corrected chi connectivity index (χ3v) is 3.27. The Balaban J connectivity index is 2.68. The Hall–Kier alpha value is -1.64. The van der Waals surface area contributed by atoms with Gasteiger partial charge in [0.25, 0.3) is 0 Å². The van der Waals surface area contributed by atoms with Crippen molar-refractivity contribution in [2.24, 2.45) is 0 Å². The Labute approximate surface area is 112 Å². The molecular formula is C16H19F2N. The van der Waals surface area contributed by atoms with E-state index >= 15 is 0 Å². The third kappa shape index (κ3) is 2.55. The molecule has 102 valence electrons. The van der Waals surface area contributed by atoms with E-state index < -0.39 is 11.6 Å². The molecule has 2 rings (SSSR count). The van der Waals surface area contributed by atoms with Crippen LogP contribution in [0.3, 0.4) is 0 Å². The van der Waals surface area contributed by atoms with E-state index in [1.807, 2.05) is 16.7 Å². The van der Waals surface area contributed by atoms with E-state index in [9.17, 15) is 8.78 Å². The first kappa shape index (κ1) is 13.8. The van der Waals surface area contributed by atoms with Gasteiger partial charge in [0.1, 0.15) is 11.6 Å². The van der Waals surface area contributed by atoms with Crippen LogP contribution < -0.4 is 0 Å². The van der Waals surface area contributed by atoms with Crippen LogP contribution in [0.5, 0.6) is 0 Å². The summed E-state index contributed by atoms with van der Waals surface area (Å²) in [7, 11) is 0. The van der Waals surface area contributed by atoms with Gasteiger partial charge in [-0.3, -0.25) is 0 Å². The van der Waals surface area contributed by atoms with Crippen molar-refractivity contribution in [3.05, 3.63) is 53.4 Å². The molecule has 0 aliphatic heterocycles. The smallest absolute Gasteiger partial charge is 0.150 e. The van der Waals surface area contributed by atoms with E-state index in [1.54, 1.807) is 0 Å². The molecule has 0 unspecified atom stereocenters. The highest BCUT2D eigenvalue weighted by molar-refractivity contribution is 5.41. The lowest BCUT2D eigenvalue weighted by atomic mass is 10.1. The van der Waals surface area contributed by atoms with Gasteiger partial charge in [-0.05, 0) is 36.1 Å². The van der Waals surface area contributed by atoms with Crippen molar-refractivity contribution < 1.29 is 8.78 Å². The number of rotatable bonds is 3. The highest BCUT2D eigenvalue weighted by Gasteiger charge is 2.17. The minimum atomic E-state index is -0.550. The molecule has 3 heteroatoms. The van der Waals surface area contributed by atoms with Gasteiger partial charge in [0.05, 0.1) is 5.69 Å². The van der Waals surface area contributed by atoms with E-state index in [0.29, 0.717) is 5.69 Å². The van der Waals surface area contributed by atoms with Crippen molar-refractivity contribution in [3.63, 3.8) is 0 Å². The minimum Gasteiger partial charge on any atom is -0.315 e. The maximum absolute atomic E-state index is 14.0. The molecule has 0 aliphatic carbocycles. The van der Waals surface area contributed by atoms with Crippen molar-refractivity contribution in [1.29, 1.82) is 0 Å². The number of nitrogens with zero attached hydrogens (tertiary/aromatic N) is 1. The molecule has 0 saturated carbocycles. The lowest BCUT2D eigenvalue weighted by molar-refractivity contribution is 0.572. The maximum Gasteiger partial charge on any atom is 0.150 e. The van der Waals surface area contributed by atoms with Gasteiger partial charge in [-0.2, -0.15) is 0 Å². The van der Waals surface area contributed by atoms with E-state index in [0.717, 1.165) is 17.5 Å². The number of hydrogen-bond acceptors (Lipinski definition) is 0. The number of benzene rings is 1. The fourth-order valence-electron chi connectivity index (χ4n) is 2.31. The molecule has 0 radical (unpaired) electrons. The predicted octanol–water partition coefficient (Wildman–Crippen LogP) is 5.00. The molecular weight excluding hydrogens is 244 g/mol. The van der Waals surface area contributed by atoms with Crippen LogP contribution in [0.4, 0.5) is 8.78 Å². The van der Waals surface area contributed by atoms with Crippen LogP contribution in [0.1, 0.15) is 50.9 Å². The molecule has 0 amide bonds. The Morgan fingerprint density at radius 1 is 0.842 bits per heavy atom. The quantitative estimate of drug-likeness (QED) is 0.734. The Bertz CT molecular complexity index is 557. The summed E-state index contributed by atoms with van der Waals surface area (Å²) in [5.74, 6) is -0.528. The molecule has 0 spiro atoms. The average Bonchev–Trinajstić information content (AvgIpc) is 2.73. The van der Waals surface area contributed by atoms with E-state index in [-0.39, 0.29) is 11.8 Å². The maximum atomic E-state index is 14.0. The Morgan fingerprint density at radius 3 is 1.79 bits per heavy atom. The molecule has 0 fully saturated rings. The van der Waals surface area contributed by atoms with Crippen molar-refractivity contribution >= 4 is 0 Å². The van der Waals surface area contributed by atoms with Gasteiger partial charge in [0.2, 0.25) is 0 Å². The Kier molecular flexibility index (Phi) is 3.74. The van der Waals surface area contributed by atoms with E-state index in [2.05, 4.69) is 27.7 Å². The van der Waals surface area contributed by atoms with Crippen molar-refractivity contribution in [3.8, 4) is 5.69 Å². The molecule has 1 heterocycles. The van der Waals surface area contributed by atoms with Gasteiger partial charge in [0.15, 0.2) is 0 Å². The molecule has 19 heavy (non-hydrogen) atoms. The molecule has 1 aromatic heterocycles. The second-order valence-electron chi connectivity index (χ2n) is 5.42. The predicted molar refractivity (Wildman–Crippen MR) is 73.9 cm³/mol. The first-order chi connectivity index (χ1) is 8.91. The number of halogens is 2. The lowest BCUT2D eigenvalue weighted by Crippen LogP contribution is -2.09. The van der Waals surface area contributed by atoms with Crippen LogP contribution >= 0.6 is 0 Å². The SMILES string of the molecule is CC(C)c1ccc(C(C)C)n1-c1ccc(F)cc1F. The summed E-state index contributed by atoms with van der Waals surface area (Å²) >= 11 is 0. The van der Waals surface area contributed by atoms with Gasteiger partial charge < -0.3 is 4.57 Å². The molecule has 0 saturated heterocycles. The summed E-state index contributed by atoms with van der Waals surface area (Å²) in [4.78, 5) is 0. The standard InChI is InChI=1S/C16H19F2N/c1-10(2)14-7-8-15(11(3)4)19(14)16-6-5-12(17)9-13(16)18/h5-11H,1-4H3. The van der Waals surface area contributed by atoms with Gasteiger partial charge >= 0.3 is 0 Å². The average molecular weight is 263 g/mol. The minimum absolute atomic E-state index is 0.275. The molecule has 0 atom stereocenters. The summed E-state index contributed by atoms with van der Waals surface area (Å²) in [6, 6.07) is 7.77. The van der Waals surface area contributed by atoms with Crippen LogP contribution in [0, 0.1) is 11.6 Å². The van der Waals surface area contributed by atoms with E-state index in [4.69, 9.17) is 0 Å². The fourth-order valence-corrected chi connectivity index (χ4v) is 2.31. The number of aromatic nitrogens is 1. The first-order valence-electron chi connectivity index (χ1n) is 6.58. The van der Waals surface area contributed by atoms with Crippen LogP contribution in [-0.4, -0.2) is 4.57 Å². The van der Waals surface area contributed by atoms with Crippen LogP contribution in [-0.2, 0) is 0 Å². The zero-order valence-corrected chi connectivity index (χ0v) is 11.7. The monoisotopic (exact) mass is 263 g/mol. The topological polar surface area (TPSA) is 4.93 Å². The number of hydrogen-bond donors (Lipinski definition) is 0. The summed E-state index contributed by atoms with van der Waals surface area (Å²) in [6.07, 6.45) is 0. The summed E-state index contributed by atoms with van der Waals surface area (Å²) < 4.78 is 29.0. The zero-order valence-electron chi connectivity index (χ0n) is 11.7. The fraction of sp³-hybridized carbons (Fsp3) is 0.375. The second-order valence-corrected chi connectivity index (χ2v) is 5.42. The van der Waals surface area contributed by atoms with Crippen molar-refractivity contribution in [2.45, 2.75) is 39.5 Å². The molecule has 2 aromatic rings. The van der Waals surface area contributed by atoms with Crippen molar-refractivity contribution in [2.75, 3.05) is 0 Å². The summed E-state index contributed by atoms with van der Waals surface area (Å²) in [5.41, 5.74) is 2.49. The van der Waals surface area contributed by atoms with Crippen molar-refractivity contribution in [1.82, 2.24) is 4.57 Å². The van der Waals surface area contributed by atoms with E-state index in [1.165, 1.54) is 12.1 Å². The molecule has 0 aliphatic rings. The van der Waals surface area contributed by atoms with Gasteiger partial charge in [-0.1, -0.05) is 27.7 Å². The summed E-state index contributed by atoms with van der Waals surface area (Å²) in [6.45, 7) is 8.27. The highest BCUT2D eigenvalue weighted by atomic mass is 19.1. The second kappa shape index (κ2) is 5.16. The lowest BCUT2D eigenvalue weighted by Gasteiger charge is -2.18. The van der Waals surface area contributed by atoms with Gasteiger partial charge in [-0.15, -0.1) is 0 Å². The first-order valence-corrected chi connectivity index (χ1v) is 6.58. The Morgan fingerprint density at radius 2 is 1.37 bits per heavy atom. The molecule has 0 N–H and O–H groups in total. The summed E-state index contributed by atoms with van der Waals surface area (Å²) in [5, 5.41) is 0. The molecule has 1 aromatic carbocycles. The zero-order chi connectivity index (χ0) is 14.2. The largest absolute Gasteiger partial charge is 0.315 e. The van der Waals surface area contributed by atoms with Crippen LogP contribution in [0.2, 0.25) is 0 Å².